The van der Waals surface area contributed by atoms with Crippen molar-refractivity contribution in [1.82, 2.24) is 5.01 Å². The molecule has 1 fully saturated rings. The first-order chi connectivity index (χ1) is 3.63. The van der Waals surface area contributed by atoms with Crippen molar-refractivity contribution >= 4 is 11.8 Å². The number of nitrogens with zero attached hydrogens (tertiary/aromatic N) is 1. The number of hydrogen-bond acceptors (Lipinski definition) is 3. The molecule has 0 aromatic carbocycles. The minimum absolute atomic E-state index is 0.181. The van der Waals surface area contributed by atoms with Crippen LogP contribution in [0.25, 0.3) is 0 Å². The van der Waals surface area contributed by atoms with Crippen molar-refractivity contribution in [3.8, 4) is 0 Å². The standard InChI is InChI=1S/C5H12N2S/c1-5(2)7(6)3-4-8-5/h3-4,6H2,1-2H3. The van der Waals surface area contributed by atoms with Gasteiger partial charge in [-0.25, -0.2) is 5.01 Å². The molecule has 0 bridgehead atoms. The molecule has 1 saturated heterocycles. The van der Waals surface area contributed by atoms with Gasteiger partial charge < -0.3 is 0 Å². The second-order valence-electron chi connectivity index (χ2n) is 2.49. The molecule has 0 radical (unpaired) electrons. The van der Waals surface area contributed by atoms with Crippen LogP contribution in [0.15, 0.2) is 0 Å². The van der Waals surface area contributed by atoms with Crippen LogP contribution in [-0.4, -0.2) is 22.2 Å². The predicted molar refractivity (Wildman–Crippen MR) is 37.4 cm³/mol. The smallest absolute Gasteiger partial charge is 0.0746 e. The summed E-state index contributed by atoms with van der Waals surface area (Å²) in [5, 5.41) is 1.89. The first kappa shape index (κ1) is 6.39. The summed E-state index contributed by atoms with van der Waals surface area (Å²) in [6.45, 7) is 5.31. The van der Waals surface area contributed by atoms with Crippen LogP contribution in [0.4, 0.5) is 0 Å². The molecule has 0 spiro atoms. The Balaban J connectivity index is 2.54. The van der Waals surface area contributed by atoms with Gasteiger partial charge in [0.1, 0.15) is 0 Å². The number of hydrazine groups is 1. The van der Waals surface area contributed by atoms with Crippen LogP contribution in [-0.2, 0) is 0 Å². The fourth-order valence-electron chi connectivity index (χ4n) is 0.746. The largest absolute Gasteiger partial charge is 0.267 e. The molecule has 2 N–H and O–H groups in total. The van der Waals surface area contributed by atoms with Crippen molar-refractivity contribution in [2.24, 2.45) is 5.84 Å². The molecule has 0 atom stereocenters. The van der Waals surface area contributed by atoms with Gasteiger partial charge in [0, 0.05) is 12.3 Å². The molecule has 1 rings (SSSR count). The lowest BCUT2D eigenvalue weighted by molar-refractivity contribution is 0.231. The minimum atomic E-state index is 0.181. The van der Waals surface area contributed by atoms with E-state index in [9.17, 15) is 0 Å². The first-order valence-corrected chi connectivity index (χ1v) is 3.78. The van der Waals surface area contributed by atoms with Gasteiger partial charge in [-0.3, -0.25) is 5.84 Å². The first-order valence-electron chi connectivity index (χ1n) is 2.79. The average molecular weight is 132 g/mol. The maximum Gasteiger partial charge on any atom is 0.0746 e. The SMILES string of the molecule is CC1(C)SCCN1N. The van der Waals surface area contributed by atoms with E-state index >= 15 is 0 Å². The van der Waals surface area contributed by atoms with Crippen molar-refractivity contribution in [3.05, 3.63) is 0 Å². The number of thioether (sulfide) groups is 1. The Morgan fingerprint density at radius 3 is 2.38 bits per heavy atom. The van der Waals surface area contributed by atoms with E-state index < -0.39 is 0 Å². The quantitative estimate of drug-likeness (QED) is 0.491. The van der Waals surface area contributed by atoms with E-state index in [1.807, 2.05) is 16.8 Å². The minimum Gasteiger partial charge on any atom is -0.267 e. The summed E-state index contributed by atoms with van der Waals surface area (Å²) in [6, 6.07) is 0. The summed E-state index contributed by atoms with van der Waals surface area (Å²) in [7, 11) is 0. The summed E-state index contributed by atoms with van der Waals surface area (Å²) >= 11 is 1.91. The normalized spacial score (nSPS) is 28.9. The van der Waals surface area contributed by atoms with Gasteiger partial charge >= 0.3 is 0 Å². The fourth-order valence-corrected chi connectivity index (χ4v) is 1.79. The molecular weight excluding hydrogens is 120 g/mol. The monoisotopic (exact) mass is 132 g/mol. The molecule has 0 aromatic rings. The van der Waals surface area contributed by atoms with Crippen LogP contribution >= 0.6 is 11.8 Å². The molecule has 2 nitrogen and oxygen atoms in total. The van der Waals surface area contributed by atoms with E-state index in [2.05, 4.69) is 13.8 Å². The van der Waals surface area contributed by atoms with Gasteiger partial charge in [-0.1, -0.05) is 0 Å². The Labute approximate surface area is 54.4 Å². The highest BCUT2D eigenvalue weighted by Crippen LogP contribution is 2.31. The number of nitrogens with two attached hydrogens (primary N) is 1. The van der Waals surface area contributed by atoms with E-state index in [1.165, 1.54) is 5.75 Å². The number of hydrogen-bond donors (Lipinski definition) is 1. The van der Waals surface area contributed by atoms with E-state index in [4.69, 9.17) is 5.84 Å². The molecule has 0 amide bonds. The lowest BCUT2D eigenvalue weighted by atomic mass is 10.4. The third kappa shape index (κ3) is 0.989. The van der Waals surface area contributed by atoms with E-state index in [1.54, 1.807) is 0 Å². The van der Waals surface area contributed by atoms with E-state index in [0.29, 0.717) is 0 Å². The Morgan fingerprint density at radius 1 is 1.62 bits per heavy atom. The van der Waals surface area contributed by atoms with Gasteiger partial charge in [0.05, 0.1) is 4.87 Å². The average Bonchev–Trinajstić information content (AvgIpc) is 1.86. The van der Waals surface area contributed by atoms with Crippen LogP contribution in [0, 0.1) is 0 Å². The van der Waals surface area contributed by atoms with Crippen molar-refractivity contribution in [3.63, 3.8) is 0 Å². The zero-order chi connectivity index (χ0) is 6.20. The van der Waals surface area contributed by atoms with E-state index in [0.717, 1.165) is 6.54 Å². The second-order valence-corrected chi connectivity index (χ2v) is 4.18. The van der Waals surface area contributed by atoms with Gasteiger partial charge in [0.2, 0.25) is 0 Å². The van der Waals surface area contributed by atoms with Crippen molar-refractivity contribution in [2.45, 2.75) is 18.7 Å². The van der Waals surface area contributed by atoms with Crippen LogP contribution in [0.1, 0.15) is 13.8 Å². The Kier molecular flexibility index (Phi) is 1.52. The van der Waals surface area contributed by atoms with Crippen LogP contribution < -0.4 is 5.84 Å². The number of rotatable bonds is 0. The molecule has 0 saturated carbocycles. The zero-order valence-corrected chi connectivity index (χ0v) is 6.16. The van der Waals surface area contributed by atoms with Crippen molar-refractivity contribution in [1.29, 1.82) is 0 Å². The highest BCUT2D eigenvalue weighted by Gasteiger charge is 2.29. The predicted octanol–water partition coefficient (Wildman–Crippen LogP) is 0.645. The van der Waals surface area contributed by atoms with Gasteiger partial charge in [0.25, 0.3) is 0 Å². The molecule has 1 aliphatic rings. The Bertz CT molecular complexity index is 92.4. The molecule has 1 heterocycles. The van der Waals surface area contributed by atoms with Gasteiger partial charge in [-0.2, -0.15) is 0 Å². The van der Waals surface area contributed by atoms with E-state index in [-0.39, 0.29) is 4.87 Å². The molecule has 0 aliphatic carbocycles. The Hall–Kier alpha value is 0.270. The van der Waals surface area contributed by atoms with Gasteiger partial charge in [0.15, 0.2) is 0 Å². The molecule has 48 valence electrons. The van der Waals surface area contributed by atoms with Crippen molar-refractivity contribution < 1.29 is 0 Å². The fraction of sp³-hybridized carbons (Fsp3) is 1.00. The molecule has 1 aliphatic heterocycles. The van der Waals surface area contributed by atoms with Crippen molar-refractivity contribution in [2.75, 3.05) is 12.3 Å². The summed E-state index contributed by atoms with van der Waals surface area (Å²) in [5.41, 5.74) is 0. The Morgan fingerprint density at radius 2 is 2.25 bits per heavy atom. The highest BCUT2D eigenvalue weighted by atomic mass is 32.2. The summed E-state index contributed by atoms with van der Waals surface area (Å²) < 4.78 is 0. The molecule has 0 aromatic heterocycles. The zero-order valence-electron chi connectivity index (χ0n) is 5.35. The molecule has 3 heteroatoms. The third-order valence-corrected chi connectivity index (χ3v) is 2.81. The van der Waals surface area contributed by atoms with Crippen LogP contribution in [0.5, 0.6) is 0 Å². The van der Waals surface area contributed by atoms with Crippen LogP contribution in [0.3, 0.4) is 0 Å². The maximum atomic E-state index is 5.62. The lowest BCUT2D eigenvalue weighted by Crippen LogP contribution is -2.41. The molecular formula is C5H12N2S. The highest BCUT2D eigenvalue weighted by molar-refractivity contribution is 8.00. The topological polar surface area (TPSA) is 29.3 Å². The second kappa shape index (κ2) is 1.90. The lowest BCUT2D eigenvalue weighted by Gasteiger charge is -2.24. The maximum absolute atomic E-state index is 5.62. The molecule has 0 unspecified atom stereocenters. The summed E-state index contributed by atoms with van der Waals surface area (Å²) in [4.78, 5) is 0.181. The van der Waals surface area contributed by atoms with Gasteiger partial charge in [-0.05, 0) is 13.8 Å². The summed E-state index contributed by atoms with van der Waals surface area (Å²) in [5.74, 6) is 6.80. The van der Waals surface area contributed by atoms with Gasteiger partial charge in [-0.15, -0.1) is 11.8 Å². The molecule has 8 heavy (non-hydrogen) atoms. The van der Waals surface area contributed by atoms with Crippen LogP contribution in [0.2, 0.25) is 0 Å². The third-order valence-electron chi connectivity index (χ3n) is 1.48. The summed E-state index contributed by atoms with van der Waals surface area (Å²) in [6.07, 6.45) is 0.